The average Bonchev–Trinajstić information content (AvgIpc) is 3.34. The fourth-order valence-electron chi connectivity index (χ4n) is 5.06. The van der Waals surface area contributed by atoms with Crippen LogP contribution in [0.5, 0.6) is 0 Å². The number of hydrogen-bond acceptors (Lipinski definition) is 2. The Balaban J connectivity index is 1.84. The summed E-state index contributed by atoms with van der Waals surface area (Å²) >= 11 is 0. The quantitative estimate of drug-likeness (QED) is 0.253. The Labute approximate surface area is 202 Å². The molecular weight excluding hydrogens is 421 g/mol. The largest absolute Gasteiger partial charge is 0.243 e. The zero-order chi connectivity index (χ0) is 24.2. The zero-order valence-corrected chi connectivity index (χ0v) is 20.5. The molecule has 4 rings (SSSR count). The minimum atomic E-state index is -1.25. The molecule has 0 aliphatic carbocycles. The first-order valence-corrected chi connectivity index (χ1v) is 12.2. The van der Waals surface area contributed by atoms with Gasteiger partial charge in [-0.1, -0.05) is 119 Å². The van der Waals surface area contributed by atoms with Crippen LogP contribution in [0.15, 0.2) is 97.3 Å². The van der Waals surface area contributed by atoms with E-state index in [1.807, 2.05) is 50.6 Å². The van der Waals surface area contributed by atoms with Gasteiger partial charge in [0, 0.05) is 6.42 Å². The number of hydrogen-bond donors (Lipinski definition) is 0. The molecule has 1 heterocycles. The Morgan fingerprint density at radius 3 is 1.50 bits per heavy atom. The molecule has 0 unspecified atom stereocenters. The van der Waals surface area contributed by atoms with Gasteiger partial charge in [-0.3, -0.25) is 0 Å². The number of benzene rings is 3. The first kappa shape index (κ1) is 23.9. The molecule has 176 valence electrons. The number of aryl methyl sites for hydroxylation is 1. The molecule has 4 aromatic rings. The molecule has 0 saturated heterocycles. The third-order valence-electron chi connectivity index (χ3n) is 7.11. The topological polar surface area (TPSA) is 30.7 Å². The molecule has 0 N–H and O–H groups in total. The fourth-order valence-corrected chi connectivity index (χ4v) is 5.06. The van der Waals surface area contributed by atoms with Crippen molar-refractivity contribution in [3.63, 3.8) is 0 Å². The van der Waals surface area contributed by atoms with E-state index in [-0.39, 0.29) is 11.8 Å². The van der Waals surface area contributed by atoms with Crippen LogP contribution in [0, 0.1) is 11.8 Å². The van der Waals surface area contributed by atoms with Gasteiger partial charge < -0.3 is 0 Å². The van der Waals surface area contributed by atoms with Gasteiger partial charge in [-0.2, -0.15) is 5.10 Å². The van der Waals surface area contributed by atoms with Crippen molar-refractivity contribution in [2.75, 3.05) is 0 Å². The summed E-state index contributed by atoms with van der Waals surface area (Å²) in [6, 6.07) is 31.2. The van der Waals surface area contributed by atoms with Gasteiger partial charge in [0.05, 0.1) is 0 Å². The molecule has 0 aliphatic heterocycles. The van der Waals surface area contributed by atoms with Crippen LogP contribution in [-0.2, 0) is 12.0 Å². The minimum absolute atomic E-state index is 0.0633. The molecule has 3 aromatic carbocycles. The first-order chi connectivity index (χ1) is 16.4. The maximum Gasteiger partial charge on any atom is 0.150 e. The van der Waals surface area contributed by atoms with Gasteiger partial charge in [-0.25, -0.2) is 14.1 Å². The van der Waals surface area contributed by atoms with Crippen molar-refractivity contribution in [1.82, 2.24) is 14.8 Å². The summed E-state index contributed by atoms with van der Waals surface area (Å²) < 4.78 is 17.6. The van der Waals surface area contributed by atoms with Gasteiger partial charge in [-0.15, -0.1) is 0 Å². The molecule has 0 aliphatic rings. The van der Waals surface area contributed by atoms with E-state index in [2.05, 4.69) is 77.8 Å². The van der Waals surface area contributed by atoms with E-state index in [0.717, 1.165) is 16.7 Å². The Morgan fingerprint density at radius 1 is 0.706 bits per heavy atom. The van der Waals surface area contributed by atoms with E-state index in [0.29, 0.717) is 18.7 Å². The molecule has 0 spiro atoms. The smallest absolute Gasteiger partial charge is 0.150 e. The zero-order valence-electron chi connectivity index (χ0n) is 20.5. The van der Waals surface area contributed by atoms with Crippen LogP contribution in [0.25, 0.3) is 0 Å². The standard InChI is InChI=1S/C30H34FN3/c1-23(2)29(31,24(3)4)21-20-28-32-22-34(33-28)30(25-14-8-5-9-15-25,26-16-10-6-11-17-26)27-18-12-7-13-19-27/h5-19,22-24H,20-21H2,1-4H3. The molecule has 0 amide bonds. The van der Waals surface area contributed by atoms with Gasteiger partial charge in [0.15, 0.2) is 5.82 Å². The number of alkyl halides is 1. The number of aromatic nitrogens is 3. The second kappa shape index (κ2) is 9.92. The third kappa shape index (κ3) is 4.29. The molecule has 4 heteroatoms. The molecule has 3 nitrogen and oxygen atoms in total. The van der Waals surface area contributed by atoms with Crippen molar-refractivity contribution < 1.29 is 4.39 Å². The van der Waals surface area contributed by atoms with Crippen LogP contribution >= 0.6 is 0 Å². The molecule has 0 fully saturated rings. The van der Waals surface area contributed by atoms with Gasteiger partial charge in [0.1, 0.15) is 17.5 Å². The van der Waals surface area contributed by atoms with Gasteiger partial charge >= 0.3 is 0 Å². The lowest BCUT2D eigenvalue weighted by atomic mass is 9.77. The monoisotopic (exact) mass is 455 g/mol. The summed E-state index contributed by atoms with van der Waals surface area (Å²) in [5.74, 6) is 0.536. The van der Waals surface area contributed by atoms with Crippen LogP contribution in [-0.4, -0.2) is 20.4 Å². The van der Waals surface area contributed by atoms with Crippen molar-refractivity contribution in [1.29, 1.82) is 0 Å². The molecule has 34 heavy (non-hydrogen) atoms. The Hall–Kier alpha value is -3.27. The van der Waals surface area contributed by atoms with Gasteiger partial charge in [-0.05, 0) is 34.9 Å². The molecule has 0 radical (unpaired) electrons. The first-order valence-electron chi connectivity index (χ1n) is 12.2. The van der Waals surface area contributed by atoms with Crippen LogP contribution < -0.4 is 0 Å². The van der Waals surface area contributed by atoms with E-state index in [9.17, 15) is 0 Å². The predicted octanol–water partition coefficient (Wildman–Crippen LogP) is 7.07. The summed E-state index contributed by atoms with van der Waals surface area (Å²) in [4.78, 5) is 4.67. The molecule has 0 atom stereocenters. The van der Waals surface area contributed by atoms with Crippen molar-refractivity contribution >= 4 is 0 Å². The van der Waals surface area contributed by atoms with Gasteiger partial charge in [0.25, 0.3) is 0 Å². The van der Waals surface area contributed by atoms with Crippen LogP contribution in [0.1, 0.15) is 56.6 Å². The third-order valence-corrected chi connectivity index (χ3v) is 7.11. The highest BCUT2D eigenvalue weighted by molar-refractivity contribution is 5.50. The summed E-state index contributed by atoms with van der Waals surface area (Å²) in [5, 5.41) is 4.97. The van der Waals surface area contributed by atoms with Crippen molar-refractivity contribution in [3.05, 3.63) is 120 Å². The maximum absolute atomic E-state index is 15.7. The maximum atomic E-state index is 15.7. The van der Waals surface area contributed by atoms with Gasteiger partial charge in [0.2, 0.25) is 0 Å². The molecule has 1 aromatic heterocycles. The summed E-state index contributed by atoms with van der Waals surface area (Å²) in [5.41, 5.74) is 1.33. The van der Waals surface area contributed by atoms with Crippen LogP contribution in [0.4, 0.5) is 4.39 Å². The van der Waals surface area contributed by atoms with E-state index >= 15 is 4.39 Å². The normalized spacial score (nSPS) is 12.4. The summed E-state index contributed by atoms with van der Waals surface area (Å²) in [6.45, 7) is 7.82. The number of halogens is 1. The minimum Gasteiger partial charge on any atom is -0.243 e. The van der Waals surface area contributed by atoms with E-state index < -0.39 is 11.2 Å². The van der Waals surface area contributed by atoms with Crippen molar-refractivity contribution in [3.8, 4) is 0 Å². The second-order valence-corrected chi connectivity index (χ2v) is 9.65. The Bertz CT molecular complexity index is 1060. The van der Waals surface area contributed by atoms with E-state index in [1.54, 1.807) is 6.33 Å². The van der Waals surface area contributed by atoms with Crippen LogP contribution in [0.2, 0.25) is 0 Å². The Kier molecular flexibility index (Phi) is 6.97. The number of nitrogens with zero attached hydrogens (tertiary/aromatic N) is 3. The predicted molar refractivity (Wildman–Crippen MR) is 136 cm³/mol. The number of rotatable bonds is 9. The summed E-state index contributed by atoms with van der Waals surface area (Å²) in [7, 11) is 0. The molecule has 0 saturated carbocycles. The van der Waals surface area contributed by atoms with E-state index in [1.165, 1.54) is 0 Å². The SMILES string of the molecule is CC(C)C(F)(CCc1ncn(C(c2ccccc2)(c2ccccc2)c2ccccc2)n1)C(C)C. The highest BCUT2D eigenvalue weighted by atomic mass is 19.1. The second-order valence-electron chi connectivity index (χ2n) is 9.65. The fraction of sp³-hybridized carbons (Fsp3) is 0.333. The van der Waals surface area contributed by atoms with E-state index in [4.69, 9.17) is 5.10 Å². The average molecular weight is 456 g/mol. The van der Waals surface area contributed by atoms with Crippen LogP contribution in [0.3, 0.4) is 0 Å². The Morgan fingerprint density at radius 2 is 1.12 bits per heavy atom. The highest BCUT2D eigenvalue weighted by Crippen LogP contribution is 2.40. The summed E-state index contributed by atoms with van der Waals surface area (Å²) in [6.07, 6.45) is 2.70. The lowest BCUT2D eigenvalue weighted by Gasteiger charge is -2.36. The molecular formula is C30H34FN3. The lowest BCUT2D eigenvalue weighted by Crippen LogP contribution is -2.38. The van der Waals surface area contributed by atoms with Crippen molar-refractivity contribution in [2.24, 2.45) is 11.8 Å². The highest BCUT2D eigenvalue weighted by Gasteiger charge is 2.40. The lowest BCUT2D eigenvalue weighted by molar-refractivity contribution is 0.0368. The molecule has 0 bridgehead atoms. The van der Waals surface area contributed by atoms with Crippen molar-refractivity contribution in [2.45, 2.75) is 51.7 Å².